The third kappa shape index (κ3) is 5.13. The molecule has 0 atom stereocenters. The molecule has 302 valence electrons. The molecule has 0 bridgehead atoms. The van der Waals surface area contributed by atoms with Crippen LogP contribution in [0.4, 0.5) is 0 Å². The van der Waals surface area contributed by atoms with Gasteiger partial charge in [0.05, 0.1) is 16.8 Å². The van der Waals surface area contributed by atoms with Crippen LogP contribution in [-0.4, -0.2) is 9.55 Å². The number of hydrogen-bond acceptors (Lipinski definition) is 2. The van der Waals surface area contributed by atoms with E-state index in [4.69, 9.17) is 4.98 Å². The highest BCUT2D eigenvalue weighted by Gasteiger charge is 2.50. The fourth-order valence-electron chi connectivity index (χ4n) is 11.4. The lowest BCUT2D eigenvalue weighted by Crippen LogP contribution is -2.31. The Hall–Kier alpha value is -8.11. The van der Waals surface area contributed by atoms with E-state index in [1.807, 2.05) is 11.3 Å². The number of imidazole rings is 1. The molecule has 2 aromatic heterocycles. The largest absolute Gasteiger partial charge is 0.292 e. The van der Waals surface area contributed by atoms with Crippen LogP contribution in [0.2, 0.25) is 0 Å². The van der Waals surface area contributed by atoms with Crippen molar-refractivity contribution in [3.05, 3.63) is 253 Å². The Labute approximate surface area is 381 Å². The van der Waals surface area contributed by atoms with Crippen molar-refractivity contribution in [3.8, 4) is 73.0 Å². The van der Waals surface area contributed by atoms with Gasteiger partial charge in [-0.05, 0) is 96.7 Å². The quantitative estimate of drug-likeness (QED) is 0.169. The molecule has 0 saturated carbocycles. The molecule has 12 aromatic rings. The summed E-state index contributed by atoms with van der Waals surface area (Å²) < 4.78 is 4.98. The predicted molar refractivity (Wildman–Crippen MR) is 272 cm³/mol. The highest BCUT2D eigenvalue weighted by Crippen LogP contribution is 2.63. The smallest absolute Gasteiger partial charge is 0.145 e. The lowest BCUT2D eigenvalue weighted by atomic mass is 9.61. The van der Waals surface area contributed by atoms with Crippen LogP contribution in [0.1, 0.15) is 22.3 Å². The van der Waals surface area contributed by atoms with E-state index >= 15 is 0 Å². The van der Waals surface area contributed by atoms with Crippen molar-refractivity contribution in [1.29, 1.82) is 0 Å². The monoisotopic (exact) mass is 842 g/mol. The van der Waals surface area contributed by atoms with Crippen molar-refractivity contribution in [2.75, 3.05) is 0 Å². The van der Waals surface area contributed by atoms with Crippen molar-refractivity contribution >= 4 is 42.3 Å². The van der Waals surface area contributed by atoms with Crippen LogP contribution in [0.5, 0.6) is 0 Å². The Morgan fingerprint density at radius 2 is 0.938 bits per heavy atom. The van der Waals surface area contributed by atoms with Crippen LogP contribution in [0.15, 0.2) is 231 Å². The van der Waals surface area contributed by atoms with Crippen molar-refractivity contribution in [2.45, 2.75) is 5.41 Å². The molecule has 0 amide bonds. The standard InChI is InChI=1S/C62H38N2S/c1-4-17-40(18-5-1)59-60(41-19-6-2-7-20-41)64(43-21-8-3-9-22-43)61(63-59)42-33-31-39(32-34-42)44-35-36-49-50-38-57-51(47-25-12-15-30-56(47)65-57)37-55(50)62(54-29-16-26-48(44)58(49)54)52-27-13-10-23-45(52)46-24-11-14-28-53(46)62/h1-38H. The van der Waals surface area contributed by atoms with Crippen LogP contribution in [0.25, 0.3) is 104 Å². The van der Waals surface area contributed by atoms with Gasteiger partial charge in [-0.2, -0.15) is 0 Å². The number of thiophene rings is 1. The van der Waals surface area contributed by atoms with Crippen molar-refractivity contribution in [2.24, 2.45) is 0 Å². The normalized spacial score (nSPS) is 13.0. The van der Waals surface area contributed by atoms with Gasteiger partial charge in [-0.1, -0.05) is 200 Å². The second-order valence-electron chi connectivity index (χ2n) is 17.3. The van der Waals surface area contributed by atoms with Gasteiger partial charge >= 0.3 is 0 Å². The Morgan fingerprint density at radius 3 is 1.68 bits per heavy atom. The van der Waals surface area contributed by atoms with Gasteiger partial charge in [0.1, 0.15) is 5.82 Å². The van der Waals surface area contributed by atoms with Gasteiger partial charge in [-0.25, -0.2) is 4.98 Å². The average molecular weight is 843 g/mol. The zero-order valence-electron chi connectivity index (χ0n) is 35.2. The molecule has 0 unspecified atom stereocenters. The third-order valence-electron chi connectivity index (χ3n) is 14.0. The van der Waals surface area contributed by atoms with Gasteiger partial charge in [0.15, 0.2) is 0 Å². The number of rotatable bonds is 5. The van der Waals surface area contributed by atoms with Gasteiger partial charge < -0.3 is 0 Å². The minimum atomic E-state index is -0.490. The maximum atomic E-state index is 5.50. The minimum Gasteiger partial charge on any atom is -0.292 e. The molecule has 0 saturated heterocycles. The lowest BCUT2D eigenvalue weighted by molar-refractivity contribution is 0.775. The summed E-state index contributed by atoms with van der Waals surface area (Å²) in [5.41, 5.74) is 18.9. The summed E-state index contributed by atoms with van der Waals surface area (Å²) in [6.07, 6.45) is 0. The minimum absolute atomic E-state index is 0.490. The summed E-state index contributed by atoms with van der Waals surface area (Å²) in [6, 6.07) is 85.0. The van der Waals surface area contributed by atoms with Crippen LogP contribution in [0, 0.1) is 0 Å². The molecule has 2 aliphatic rings. The molecule has 0 aliphatic heterocycles. The number of fused-ring (bicyclic) bond motifs is 12. The molecule has 2 heterocycles. The van der Waals surface area contributed by atoms with Crippen LogP contribution < -0.4 is 0 Å². The molecular formula is C62H38N2S. The number of nitrogens with zero attached hydrogens (tertiary/aromatic N) is 2. The van der Waals surface area contributed by atoms with E-state index in [2.05, 4.69) is 235 Å². The van der Waals surface area contributed by atoms with E-state index in [1.54, 1.807) is 0 Å². The van der Waals surface area contributed by atoms with Crippen molar-refractivity contribution in [1.82, 2.24) is 9.55 Å². The Morgan fingerprint density at radius 1 is 0.354 bits per heavy atom. The highest BCUT2D eigenvalue weighted by atomic mass is 32.1. The average Bonchev–Trinajstić information content (AvgIpc) is 4.05. The van der Waals surface area contributed by atoms with Gasteiger partial charge in [0.2, 0.25) is 0 Å². The van der Waals surface area contributed by atoms with E-state index < -0.39 is 5.41 Å². The third-order valence-corrected chi connectivity index (χ3v) is 15.2. The highest BCUT2D eigenvalue weighted by molar-refractivity contribution is 7.25. The first-order valence-corrected chi connectivity index (χ1v) is 23.2. The molecule has 2 aliphatic carbocycles. The van der Waals surface area contributed by atoms with Gasteiger partial charge in [0.25, 0.3) is 0 Å². The lowest BCUT2D eigenvalue weighted by Gasteiger charge is -2.40. The summed E-state index contributed by atoms with van der Waals surface area (Å²) >= 11 is 1.90. The maximum absolute atomic E-state index is 5.50. The summed E-state index contributed by atoms with van der Waals surface area (Å²) in [5, 5.41) is 5.25. The van der Waals surface area contributed by atoms with Crippen molar-refractivity contribution in [3.63, 3.8) is 0 Å². The first-order valence-electron chi connectivity index (χ1n) is 22.4. The van der Waals surface area contributed by atoms with E-state index in [0.29, 0.717) is 0 Å². The summed E-state index contributed by atoms with van der Waals surface area (Å²) in [6.45, 7) is 0. The molecule has 0 N–H and O–H groups in total. The summed E-state index contributed by atoms with van der Waals surface area (Å²) in [5.74, 6) is 0.905. The zero-order chi connectivity index (χ0) is 42.6. The summed E-state index contributed by atoms with van der Waals surface area (Å²) in [7, 11) is 0. The molecule has 0 radical (unpaired) electrons. The molecular weight excluding hydrogens is 805 g/mol. The second-order valence-corrected chi connectivity index (χ2v) is 18.4. The van der Waals surface area contributed by atoms with E-state index in [1.165, 1.54) is 86.6 Å². The van der Waals surface area contributed by atoms with Gasteiger partial charge in [0, 0.05) is 42.6 Å². The molecule has 2 nitrogen and oxygen atoms in total. The van der Waals surface area contributed by atoms with Crippen LogP contribution in [0.3, 0.4) is 0 Å². The number of aromatic nitrogens is 2. The maximum Gasteiger partial charge on any atom is 0.145 e. The van der Waals surface area contributed by atoms with Gasteiger partial charge in [-0.15, -0.1) is 11.3 Å². The van der Waals surface area contributed by atoms with E-state index in [9.17, 15) is 0 Å². The first-order chi connectivity index (χ1) is 32.3. The Bertz CT molecular complexity index is 3820. The van der Waals surface area contributed by atoms with Crippen LogP contribution in [-0.2, 0) is 5.41 Å². The number of para-hydroxylation sites is 1. The predicted octanol–water partition coefficient (Wildman–Crippen LogP) is 16.4. The summed E-state index contributed by atoms with van der Waals surface area (Å²) in [4.78, 5) is 5.50. The Kier molecular flexibility index (Phi) is 7.80. The first kappa shape index (κ1) is 36.4. The second kappa shape index (κ2) is 13.9. The fourth-order valence-corrected chi connectivity index (χ4v) is 12.5. The molecule has 14 rings (SSSR count). The molecule has 3 heteroatoms. The topological polar surface area (TPSA) is 17.8 Å². The molecule has 10 aromatic carbocycles. The number of hydrogen-bond donors (Lipinski definition) is 0. The SMILES string of the molecule is c1ccc(-c2nc(-c3ccc(-c4ccc5c6c(cccc46)C4(c6ccccc6-c6ccccc64)c4cc6c(cc4-5)sc4ccccc46)cc3)n(-c3ccccc3)c2-c2ccccc2)cc1. The van der Waals surface area contributed by atoms with Crippen molar-refractivity contribution < 1.29 is 0 Å². The van der Waals surface area contributed by atoms with Crippen LogP contribution >= 0.6 is 11.3 Å². The zero-order valence-corrected chi connectivity index (χ0v) is 36.1. The van der Waals surface area contributed by atoms with Gasteiger partial charge in [-0.3, -0.25) is 4.57 Å². The van der Waals surface area contributed by atoms with E-state index in [0.717, 1.165) is 39.6 Å². The van der Waals surface area contributed by atoms with E-state index in [-0.39, 0.29) is 0 Å². The molecule has 65 heavy (non-hydrogen) atoms. The molecule has 0 fully saturated rings. The fraction of sp³-hybridized carbons (Fsp3) is 0.0161. The Balaban J connectivity index is 0.997. The number of benzene rings is 10. The molecule has 1 spiro atoms.